The molecule has 0 saturated carbocycles. The van der Waals surface area contributed by atoms with Gasteiger partial charge in [0.05, 0.1) is 13.7 Å². The molecule has 1 aliphatic rings. The van der Waals surface area contributed by atoms with Gasteiger partial charge in [0, 0.05) is 5.70 Å². The molecule has 0 aromatic heterocycles. The molecule has 1 aromatic rings. The Bertz CT molecular complexity index is 584. The first-order valence-corrected chi connectivity index (χ1v) is 7.73. The molecule has 1 aromatic carbocycles. The number of esters is 1. The van der Waals surface area contributed by atoms with Crippen LogP contribution in [0.15, 0.2) is 42.1 Å². The minimum Gasteiger partial charge on any atom is -0.466 e. The summed E-state index contributed by atoms with van der Waals surface area (Å²) in [5.74, 6) is -1.66. The van der Waals surface area contributed by atoms with E-state index in [-0.39, 0.29) is 0 Å². The molecule has 22 heavy (non-hydrogen) atoms. The Kier molecular flexibility index (Phi) is 5.48. The van der Waals surface area contributed by atoms with Crippen molar-refractivity contribution < 1.29 is 14.3 Å². The number of carbonyl (C=O) groups excluding carboxylic acids is 2. The minimum atomic E-state index is -2.24. The van der Waals surface area contributed by atoms with E-state index in [2.05, 4.69) is 4.74 Å². The van der Waals surface area contributed by atoms with E-state index in [1.54, 1.807) is 0 Å². The lowest BCUT2D eigenvalue weighted by molar-refractivity contribution is -0.147. The quantitative estimate of drug-likeness (QED) is 0.468. The van der Waals surface area contributed by atoms with E-state index in [1.807, 2.05) is 36.4 Å². The Morgan fingerprint density at radius 1 is 1.27 bits per heavy atom. The van der Waals surface area contributed by atoms with Crippen molar-refractivity contribution in [1.29, 1.82) is 0 Å². The molecule has 6 heteroatoms. The van der Waals surface area contributed by atoms with Gasteiger partial charge in [-0.2, -0.15) is 0 Å². The van der Waals surface area contributed by atoms with Crippen LogP contribution in [0, 0.1) is 0 Å². The molecule has 0 radical (unpaired) electrons. The zero-order valence-electron chi connectivity index (χ0n) is 12.2. The second-order valence-corrected chi connectivity index (χ2v) is 6.36. The van der Waals surface area contributed by atoms with E-state index in [0.717, 1.165) is 37.6 Å². The molecule has 0 atom stereocenters. The highest BCUT2D eigenvalue weighted by molar-refractivity contribution is 6.67. The fourth-order valence-electron chi connectivity index (χ4n) is 2.35. The molecular weight excluding hydrogens is 325 g/mol. The van der Waals surface area contributed by atoms with Crippen molar-refractivity contribution in [3.63, 3.8) is 0 Å². The van der Waals surface area contributed by atoms with E-state index < -0.39 is 16.2 Å². The van der Waals surface area contributed by atoms with E-state index >= 15 is 0 Å². The predicted octanol–water partition coefficient (Wildman–Crippen LogP) is 3.43. The smallest absolute Gasteiger partial charge is 0.352 e. The van der Waals surface area contributed by atoms with Crippen molar-refractivity contribution in [3.05, 3.63) is 47.7 Å². The molecule has 0 spiro atoms. The van der Waals surface area contributed by atoms with Crippen LogP contribution in [-0.4, -0.2) is 28.2 Å². The summed E-state index contributed by atoms with van der Waals surface area (Å²) < 4.78 is 2.29. The van der Waals surface area contributed by atoms with E-state index in [4.69, 9.17) is 23.2 Å². The summed E-state index contributed by atoms with van der Waals surface area (Å²) in [6.45, 7) is 0.309. The number of allylic oxidation sites excluding steroid dienone is 2. The van der Waals surface area contributed by atoms with Gasteiger partial charge >= 0.3 is 5.97 Å². The minimum absolute atomic E-state index is 0.309. The highest BCUT2D eigenvalue weighted by Gasteiger charge is 2.47. The number of halogens is 2. The fourth-order valence-corrected chi connectivity index (χ4v) is 2.71. The molecule has 0 fully saturated rings. The van der Waals surface area contributed by atoms with Crippen molar-refractivity contribution >= 4 is 35.1 Å². The third-order valence-corrected chi connectivity index (χ3v) is 4.13. The number of benzene rings is 1. The van der Waals surface area contributed by atoms with Crippen LogP contribution in [0.3, 0.4) is 0 Å². The molecule has 118 valence electrons. The highest BCUT2D eigenvalue weighted by Crippen LogP contribution is 2.31. The van der Waals surface area contributed by atoms with Gasteiger partial charge in [0.15, 0.2) is 0 Å². The van der Waals surface area contributed by atoms with Crippen LogP contribution in [0.5, 0.6) is 0 Å². The normalized spacial score (nSPS) is 14.4. The second kappa shape index (κ2) is 7.16. The molecule has 0 saturated heterocycles. The Balaban J connectivity index is 2.28. The third kappa shape index (κ3) is 3.62. The molecule has 0 N–H and O–H groups in total. The molecule has 0 unspecified atom stereocenters. The highest BCUT2D eigenvalue weighted by atomic mass is 35.5. The first-order chi connectivity index (χ1) is 10.5. The molecule has 0 heterocycles. The van der Waals surface area contributed by atoms with Crippen LogP contribution in [0.1, 0.15) is 24.8 Å². The average molecular weight is 342 g/mol. The van der Waals surface area contributed by atoms with Crippen LogP contribution in [0.2, 0.25) is 0 Å². The van der Waals surface area contributed by atoms with Crippen molar-refractivity contribution in [2.75, 3.05) is 7.11 Å². The first kappa shape index (κ1) is 16.8. The van der Waals surface area contributed by atoms with Crippen molar-refractivity contribution in [2.24, 2.45) is 0 Å². The maximum absolute atomic E-state index is 12.7. The SMILES string of the molecule is COC(=O)C(Cl)(Cl)C(=O)N(Cc1ccccc1)C1=CCCC1. The van der Waals surface area contributed by atoms with Crippen LogP contribution in [0.25, 0.3) is 0 Å². The lowest BCUT2D eigenvalue weighted by Gasteiger charge is -2.28. The lowest BCUT2D eigenvalue weighted by Crippen LogP contribution is -2.46. The van der Waals surface area contributed by atoms with Gasteiger partial charge in [0.1, 0.15) is 0 Å². The molecule has 4 nitrogen and oxygen atoms in total. The van der Waals surface area contributed by atoms with E-state index in [1.165, 1.54) is 4.90 Å². The van der Waals surface area contributed by atoms with Crippen LogP contribution < -0.4 is 0 Å². The number of methoxy groups -OCH3 is 1. The van der Waals surface area contributed by atoms with Crippen molar-refractivity contribution in [3.8, 4) is 0 Å². The monoisotopic (exact) mass is 341 g/mol. The number of hydrogen-bond donors (Lipinski definition) is 0. The Morgan fingerprint density at radius 3 is 2.50 bits per heavy atom. The van der Waals surface area contributed by atoms with Gasteiger partial charge in [0.25, 0.3) is 10.2 Å². The second-order valence-electron chi connectivity index (χ2n) is 5.03. The molecular formula is C16H17Cl2NO3. The largest absolute Gasteiger partial charge is 0.466 e. The summed E-state index contributed by atoms with van der Waals surface area (Å²) in [5.41, 5.74) is 1.76. The Morgan fingerprint density at radius 2 is 1.95 bits per heavy atom. The standard InChI is InChI=1S/C16H17Cl2NO3/c1-22-15(21)16(17,18)14(20)19(13-9-5-6-10-13)11-12-7-3-2-4-8-12/h2-4,7-9H,5-6,10-11H2,1H3. The topological polar surface area (TPSA) is 46.6 Å². The fraction of sp³-hybridized carbons (Fsp3) is 0.375. The van der Waals surface area contributed by atoms with Crippen LogP contribution in [-0.2, 0) is 20.9 Å². The van der Waals surface area contributed by atoms with Gasteiger partial charge in [0.2, 0.25) is 0 Å². The van der Waals surface area contributed by atoms with Gasteiger partial charge in [-0.15, -0.1) is 0 Å². The predicted molar refractivity (Wildman–Crippen MR) is 85.4 cm³/mol. The lowest BCUT2D eigenvalue weighted by atomic mass is 10.2. The average Bonchev–Trinajstić information content (AvgIpc) is 3.06. The summed E-state index contributed by atoms with van der Waals surface area (Å²) in [5, 5.41) is 0. The molecule has 1 amide bonds. The number of alkyl halides is 2. The number of carbonyl (C=O) groups is 2. The summed E-state index contributed by atoms with van der Waals surface area (Å²) in [4.78, 5) is 25.8. The summed E-state index contributed by atoms with van der Waals surface area (Å²) in [6.07, 6.45) is 4.58. The zero-order valence-corrected chi connectivity index (χ0v) is 13.7. The number of rotatable bonds is 5. The number of ether oxygens (including phenoxy) is 1. The van der Waals surface area contributed by atoms with E-state index in [0.29, 0.717) is 6.54 Å². The molecule has 0 aliphatic heterocycles. The first-order valence-electron chi connectivity index (χ1n) is 6.98. The molecule has 1 aliphatic carbocycles. The third-order valence-electron chi connectivity index (χ3n) is 3.50. The van der Waals surface area contributed by atoms with Gasteiger partial charge in [-0.25, -0.2) is 4.79 Å². The number of hydrogen-bond acceptors (Lipinski definition) is 3. The maximum atomic E-state index is 12.7. The van der Waals surface area contributed by atoms with Gasteiger partial charge in [-0.1, -0.05) is 59.6 Å². The molecule has 0 bridgehead atoms. The summed E-state index contributed by atoms with van der Waals surface area (Å²) in [6, 6.07) is 9.47. The van der Waals surface area contributed by atoms with Crippen LogP contribution in [0.4, 0.5) is 0 Å². The summed E-state index contributed by atoms with van der Waals surface area (Å²) >= 11 is 11.9. The Hall–Kier alpha value is -1.52. The van der Waals surface area contributed by atoms with Gasteiger partial charge in [-0.05, 0) is 24.8 Å². The zero-order chi connectivity index (χ0) is 16.2. The van der Waals surface area contributed by atoms with E-state index in [9.17, 15) is 9.59 Å². The molecule has 2 rings (SSSR count). The van der Waals surface area contributed by atoms with Crippen LogP contribution >= 0.6 is 23.2 Å². The Labute approximate surface area is 139 Å². The van der Waals surface area contributed by atoms with Gasteiger partial charge < -0.3 is 9.64 Å². The van der Waals surface area contributed by atoms with Gasteiger partial charge in [-0.3, -0.25) is 4.79 Å². The van der Waals surface area contributed by atoms with Crippen molar-refractivity contribution in [2.45, 2.75) is 30.1 Å². The van der Waals surface area contributed by atoms with Crippen molar-refractivity contribution in [1.82, 2.24) is 4.90 Å². The number of amides is 1. The summed E-state index contributed by atoms with van der Waals surface area (Å²) in [7, 11) is 1.14. The maximum Gasteiger partial charge on any atom is 0.352 e. The number of nitrogens with zero attached hydrogens (tertiary/aromatic N) is 1.